The quantitative estimate of drug-likeness (QED) is 0.589. The summed E-state index contributed by atoms with van der Waals surface area (Å²) in [6.07, 6.45) is 0. The Labute approximate surface area is 93.2 Å². The zero-order valence-corrected chi connectivity index (χ0v) is 9.59. The van der Waals surface area contributed by atoms with Crippen LogP contribution in [0.2, 0.25) is 5.15 Å². The number of hydrogen-bond donors (Lipinski definition) is 0. The number of rotatable bonds is 3. The van der Waals surface area contributed by atoms with Crippen molar-refractivity contribution in [1.29, 1.82) is 0 Å². The molecule has 0 atom stereocenters. The molecule has 0 amide bonds. The Morgan fingerprint density at radius 3 is 2.80 bits per heavy atom. The topological polar surface area (TPSA) is 48.4 Å². The molecule has 0 fully saturated rings. The van der Waals surface area contributed by atoms with Gasteiger partial charge in [-0.15, -0.1) is 0 Å². The van der Waals surface area contributed by atoms with Gasteiger partial charge in [0.05, 0.1) is 25.0 Å². The molecule has 15 heavy (non-hydrogen) atoms. The molecule has 1 aromatic rings. The molecule has 0 bridgehead atoms. The molecule has 5 heteroatoms. The summed E-state index contributed by atoms with van der Waals surface area (Å²) < 4.78 is 9.84. The highest BCUT2D eigenvalue weighted by molar-refractivity contribution is 6.31. The van der Waals surface area contributed by atoms with E-state index in [4.69, 9.17) is 21.1 Å². The van der Waals surface area contributed by atoms with E-state index in [0.717, 1.165) is 0 Å². The van der Waals surface area contributed by atoms with Crippen molar-refractivity contribution in [3.8, 4) is 5.75 Å². The first kappa shape index (κ1) is 11.8. The Balaban J connectivity index is 3.12. The van der Waals surface area contributed by atoms with Gasteiger partial charge in [0.15, 0.2) is 10.9 Å². The predicted molar refractivity (Wildman–Crippen MR) is 56.5 cm³/mol. The third-order valence-corrected chi connectivity index (χ3v) is 2.12. The maximum atomic E-state index is 11.5. The van der Waals surface area contributed by atoms with Gasteiger partial charge < -0.3 is 9.47 Å². The van der Waals surface area contributed by atoms with Gasteiger partial charge in [-0.05, 0) is 19.9 Å². The Hall–Kier alpha value is -1.29. The molecule has 0 aliphatic heterocycles. The van der Waals surface area contributed by atoms with E-state index in [1.807, 2.05) is 0 Å². The van der Waals surface area contributed by atoms with Crippen LogP contribution < -0.4 is 4.74 Å². The molecule has 0 N–H and O–H groups in total. The van der Waals surface area contributed by atoms with E-state index in [1.165, 1.54) is 13.2 Å². The van der Waals surface area contributed by atoms with Crippen LogP contribution in [0, 0.1) is 6.92 Å². The highest BCUT2D eigenvalue weighted by atomic mass is 35.5. The molecular formula is C10H12ClNO3. The SMILES string of the molecule is CCOC(=O)c1cc(OC)c(Cl)nc1C. The summed E-state index contributed by atoms with van der Waals surface area (Å²) in [6.45, 7) is 3.76. The third-order valence-electron chi connectivity index (χ3n) is 1.85. The summed E-state index contributed by atoms with van der Waals surface area (Å²) in [5.41, 5.74) is 0.900. The average Bonchev–Trinajstić information content (AvgIpc) is 2.18. The van der Waals surface area contributed by atoms with Crippen molar-refractivity contribution in [3.63, 3.8) is 0 Å². The van der Waals surface area contributed by atoms with Crippen LogP contribution >= 0.6 is 11.6 Å². The Morgan fingerprint density at radius 2 is 2.27 bits per heavy atom. The molecular weight excluding hydrogens is 218 g/mol. The molecule has 0 saturated heterocycles. The smallest absolute Gasteiger partial charge is 0.340 e. The minimum Gasteiger partial charge on any atom is -0.493 e. The van der Waals surface area contributed by atoms with E-state index < -0.39 is 5.97 Å². The first-order valence-electron chi connectivity index (χ1n) is 4.48. The van der Waals surface area contributed by atoms with E-state index in [9.17, 15) is 4.79 Å². The molecule has 0 radical (unpaired) electrons. The van der Waals surface area contributed by atoms with Crippen molar-refractivity contribution in [2.45, 2.75) is 13.8 Å². The summed E-state index contributed by atoms with van der Waals surface area (Å²) in [4.78, 5) is 15.5. The lowest BCUT2D eigenvalue weighted by Crippen LogP contribution is -2.08. The van der Waals surface area contributed by atoms with Crippen molar-refractivity contribution in [1.82, 2.24) is 4.98 Å². The van der Waals surface area contributed by atoms with Crippen molar-refractivity contribution in [3.05, 3.63) is 22.5 Å². The second-order valence-corrected chi connectivity index (χ2v) is 3.19. The van der Waals surface area contributed by atoms with Gasteiger partial charge in [0.1, 0.15) is 0 Å². The number of aryl methyl sites for hydroxylation is 1. The lowest BCUT2D eigenvalue weighted by atomic mass is 10.2. The van der Waals surface area contributed by atoms with Crippen LogP contribution in [0.5, 0.6) is 5.75 Å². The van der Waals surface area contributed by atoms with Gasteiger partial charge in [-0.3, -0.25) is 0 Å². The van der Waals surface area contributed by atoms with Crippen LogP contribution in [0.25, 0.3) is 0 Å². The summed E-state index contributed by atoms with van der Waals surface area (Å²) in [5, 5.41) is 0.239. The van der Waals surface area contributed by atoms with Crippen LogP contribution in [0.4, 0.5) is 0 Å². The first-order chi connectivity index (χ1) is 7.10. The van der Waals surface area contributed by atoms with Crippen LogP contribution in [0.3, 0.4) is 0 Å². The molecule has 82 valence electrons. The normalized spacial score (nSPS) is 9.87. The number of methoxy groups -OCH3 is 1. The van der Waals surface area contributed by atoms with Crippen LogP contribution in [0.15, 0.2) is 6.07 Å². The highest BCUT2D eigenvalue weighted by Gasteiger charge is 2.15. The lowest BCUT2D eigenvalue weighted by Gasteiger charge is -2.08. The summed E-state index contributed by atoms with van der Waals surface area (Å²) in [5.74, 6) is -0.0530. The summed E-state index contributed by atoms with van der Waals surface area (Å²) in [6, 6.07) is 1.53. The van der Waals surface area contributed by atoms with Crippen LogP contribution in [-0.2, 0) is 4.74 Å². The number of hydrogen-bond acceptors (Lipinski definition) is 4. The number of carbonyl (C=O) groups is 1. The standard InChI is InChI=1S/C10H12ClNO3/c1-4-15-10(13)7-5-8(14-3)9(11)12-6(7)2/h5H,4H2,1-3H3. The van der Waals surface area contributed by atoms with Gasteiger partial charge in [-0.2, -0.15) is 0 Å². The zero-order chi connectivity index (χ0) is 11.4. The van der Waals surface area contributed by atoms with Gasteiger partial charge in [0.25, 0.3) is 0 Å². The molecule has 0 spiro atoms. The number of ether oxygens (including phenoxy) is 2. The van der Waals surface area contributed by atoms with Crippen molar-refractivity contribution >= 4 is 17.6 Å². The maximum Gasteiger partial charge on any atom is 0.340 e. The summed E-state index contributed by atoms with van der Waals surface area (Å²) >= 11 is 5.80. The van der Waals surface area contributed by atoms with E-state index in [-0.39, 0.29) is 5.15 Å². The van der Waals surface area contributed by atoms with E-state index in [0.29, 0.717) is 23.6 Å². The molecule has 1 rings (SSSR count). The number of pyridine rings is 1. The van der Waals surface area contributed by atoms with Gasteiger partial charge in [0.2, 0.25) is 0 Å². The van der Waals surface area contributed by atoms with E-state index >= 15 is 0 Å². The molecule has 1 aromatic heterocycles. The zero-order valence-electron chi connectivity index (χ0n) is 8.83. The number of aromatic nitrogens is 1. The third kappa shape index (κ3) is 2.59. The number of esters is 1. The molecule has 0 saturated carbocycles. The Bertz CT molecular complexity index is 379. The fourth-order valence-corrected chi connectivity index (χ4v) is 1.37. The minimum absolute atomic E-state index is 0.239. The van der Waals surface area contributed by atoms with Gasteiger partial charge >= 0.3 is 5.97 Å². The van der Waals surface area contributed by atoms with Crippen molar-refractivity contribution in [2.24, 2.45) is 0 Å². The van der Waals surface area contributed by atoms with Gasteiger partial charge in [0, 0.05) is 0 Å². The lowest BCUT2D eigenvalue weighted by molar-refractivity contribution is 0.0524. The fourth-order valence-electron chi connectivity index (χ4n) is 1.12. The molecule has 0 unspecified atom stereocenters. The number of nitrogens with zero attached hydrogens (tertiary/aromatic N) is 1. The van der Waals surface area contributed by atoms with Crippen molar-refractivity contribution < 1.29 is 14.3 Å². The maximum absolute atomic E-state index is 11.5. The number of halogens is 1. The second kappa shape index (κ2) is 4.98. The fraction of sp³-hybridized carbons (Fsp3) is 0.400. The minimum atomic E-state index is -0.419. The van der Waals surface area contributed by atoms with E-state index in [2.05, 4.69) is 4.98 Å². The van der Waals surface area contributed by atoms with Gasteiger partial charge in [-0.1, -0.05) is 11.6 Å². The van der Waals surface area contributed by atoms with Crippen LogP contribution in [0.1, 0.15) is 23.0 Å². The monoisotopic (exact) mass is 229 g/mol. The molecule has 1 heterocycles. The highest BCUT2D eigenvalue weighted by Crippen LogP contribution is 2.24. The average molecular weight is 230 g/mol. The van der Waals surface area contributed by atoms with E-state index in [1.54, 1.807) is 13.8 Å². The molecule has 0 aliphatic rings. The molecule has 0 aliphatic carbocycles. The Morgan fingerprint density at radius 1 is 1.60 bits per heavy atom. The summed E-state index contributed by atoms with van der Waals surface area (Å²) in [7, 11) is 1.47. The molecule has 0 aromatic carbocycles. The van der Waals surface area contributed by atoms with Crippen LogP contribution in [-0.4, -0.2) is 24.7 Å². The largest absolute Gasteiger partial charge is 0.493 e. The number of carbonyl (C=O) groups excluding carboxylic acids is 1. The molecule has 4 nitrogen and oxygen atoms in total. The first-order valence-corrected chi connectivity index (χ1v) is 4.86. The van der Waals surface area contributed by atoms with Gasteiger partial charge in [-0.25, -0.2) is 9.78 Å². The van der Waals surface area contributed by atoms with Crippen molar-refractivity contribution in [2.75, 3.05) is 13.7 Å². The predicted octanol–water partition coefficient (Wildman–Crippen LogP) is 2.23. The Kier molecular flexibility index (Phi) is 3.91. The second-order valence-electron chi connectivity index (χ2n) is 2.83.